The Morgan fingerprint density at radius 1 is 1.14 bits per heavy atom. The van der Waals surface area contributed by atoms with Crippen molar-refractivity contribution in [3.8, 4) is 11.5 Å². The quantitative estimate of drug-likeness (QED) is 0.905. The normalized spacial score (nSPS) is 21.9. The van der Waals surface area contributed by atoms with Crippen LogP contribution in [0.3, 0.4) is 0 Å². The summed E-state index contributed by atoms with van der Waals surface area (Å²) in [5.41, 5.74) is 1.85. The second-order valence-electron chi connectivity index (χ2n) is 5.22. The summed E-state index contributed by atoms with van der Waals surface area (Å²) in [5.74, 6) is 1.09. The molecule has 2 aliphatic rings. The molecule has 1 aromatic carbocycles. The maximum Gasteiger partial charge on any atom is 0.586 e. The predicted molar refractivity (Wildman–Crippen MR) is 70.7 cm³/mol. The molecule has 0 saturated carbocycles. The highest BCUT2D eigenvalue weighted by Gasteiger charge is 2.43. The molecule has 2 aromatic rings. The molecule has 1 unspecified atom stereocenters. The van der Waals surface area contributed by atoms with Crippen LogP contribution in [-0.4, -0.2) is 6.29 Å². The zero-order chi connectivity index (χ0) is 14.4. The van der Waals surface area contributed by atoms with Crippen molar-refractivity contribution in [2.75, 3.05) is 5.32 Å². The number of halogens is 2. The van der Waals surface area contributed by atoms with Crippen molar-refractivity contribution in [2.24, 2.45) is 0 Å². The Bertz CT molecular complexity index is 683. The number of furan rings is 1. The van der Waals surface area contributed by atoms with Gasteiger partial charge in [-0.1, -0.05) is 0 Å². The number of anilines is 1. The molecule has 0 fully saturated rings. The van der Waals surface area contributed by atoms with Gasteiger partial charge in [-0.2, -0.15) is 0 Å². The molecule has 1 aromatic heterocycles. The van der Waals surface area contributed by atoms with Gasteiger partial charge in [-0.05, 0) is 31.0 Å². The van der Waals surface area contributed by atoms with Crippen LogP contribution in [0.1, 0.15) is 30.2 Å². The highest BCUT2D eigenvalue weighted by molar-refractivity contribution is 5.57. The van der Waals surface area contributed by atoms with Gasteiger partial charge in [0, 0.05) is 23.7 Å². The molecular formula is C15H13F2NO3. The summed E-state index contributed by atoms with van der Waals surface area (Å²) in [6, 6.07) is 6.79. The summed E-state index contributed by atoms with van der Waals surface area (Å²) in [6.45, 7) is 0. The third kappa shape index (κ3) is 2.20. The Morgan fingerprint density at radius 2 is 2.00 bits per heavy atom. The number of fused-ring (bicyclic) bond motifs is 2. The van der Waals surface area contributed by atoms with Crippen LogP contribution in [-0.2, 0) is 6.42 Å². The van der Waals surface area contributed by atoms with Gasteiger partial charge < -0.3 is 19.2 Å². The molecule has 1 aliphatic heterocycles. The van der Waals surface area contributed by atoms with Gasteiger partial charge in [-0.3, -0.25) is 0 Å². The van der Waals surface area contributed by atoms with Crippen molar-refractivity contribution in [2.45, 2.75) is 31.6 Å². The number of nitrogens with one attached hydrogen (secondary N) is 1. The fourth-order valence-electron chi connectivity index (χ4n) is 2.88. The number of ether oxygens (including phenoxy) is 2. The standard InChI is InChI=1S/C15H13F2NO3/c16-15(17)20-13-5-4-9(8-14(13)21-15)18-11-2-1-3-12-10(11)6-7-19-12/h4-8,11,18H,1-3H2. The van der Waals surface area contributed by atoms with Crippen LogP contribution >= 0.6 is 0 Å². The van der Waals surface area contributed by atoms with Crippen LogP contribution < -0.4 is 14.8 Å². The van der Waals surface area contributed by atoms with Crippen molar-refractivity contribution in [1.82, 2.24) is 0 Å². The molecule has 6 heteroatoms. The number of rotatable bonds is 2. The third-order valence-corrected chi connectivity index (χ3v) is 3.79. The van der Waals surface area contributed by atoms with E-state index in [1.807, 2.05) is 6.07 Å². The average molecular weight is 293 g/mol. The van der Waals surface area contributed by atoms with Crippen molar-refractivity contribution in [1.29, 1.82) is 0 Å². The Labute approximate surface area is 119 Å². The van der Waals surface area contributed by atoms with E-state index in [9.17, 15) is 8.78 Å². The molecule has 4 rings (SSSR count). The Hall–Kier alpha value is -2.24. The zero-order valence-electron chi connectivity index (χ0n) is 11.1. The van der Waals surface area contributed by atoms with Crippen molar-refractivity contribution < 1.29 is 22.7 Å². The first-order valence-corrected chi connectivity index (χ1v) is 6.83. The molecule has 1 atom stereocenters. The minimum absolute atomic E-state index is 0.0493. The van der Waals surface area contributed by atoms with E-state index in [4.69, 9.17) is 4.42 Å². The molecule has 0 spiro atoms. The third-order valence-electron chi connectivity index (χ3n) is 3.79. The van der Waals surface area contributed by atoms with Gasteiger partial charge in [0.25, 0.3) is 0 Å². The molecular weight excluding hydrogens is 280 g/mol. The molecule has 2 heterocycles. The average Bonchev–Trinajstić information content (AvgIpc) is 3.01. The second kappa shape index (κ2) is 4.38. The monoisotopic (exact) mass is 293 g/mol. The lowest BCUT2D eigenvalue weighted by molar-refractivity contribution is -0.286. The highest BCUT2D eigenvalue weighted by atomic mass is 19.3. The van der Waals surface area contributed by atoms with E-state index in [0.29, 0.717) is 5.69 Å². The minimum Gasteiger partial charge on any atom is -0.469 e. The molecule has 0 radical (unpaired) electrons. The molecule has 110 valence electrons. The number of hydrogen-bond donors (Lipinski definition) is 1. The molecule has 21 heavy (non-hydrogen) atoms. The Kier molecular flexibility index (Phi) is 2.60. The Balaban J connectivity index is 1.58. The van der Waals surface area contributed by atoms with Gasteiger partial charge in [0.1, 0.15) is 5.76 Å². The number of alkyl halides is 2. The lowest BCUT2D eigenvalue weighted by Crippen LogP contribution is -2.25. The van der Waals surface area contributed by atoms with Crippen LogP contribution in [0.5, 0.6) is 11.5 Å². The molecule has 4 nitrogen and oxygen atoms in total. The van der Waals surface area contributed by atoms with E-state index in [-0.39, 0.29) is 17.5 Å². The minimum atomic E-state index is -3.58. The maximum absolute atomic E-state index is 13.0. The Morgan fingerprint density at radius 3 is 2.90 bits per heavy atom. The lowest BCUT2D eigenvalue weighted by atomic mass is 9.93. The van der Waals surface area contributed by atoms with Gasteiger partial charge in [-0.25, -0.2) is 0 Å². The topological polar surface area (TPSA) is 43.6 Å². The van der Waals surface area contributed by atoms with Gasteiger partial charge >= 0.3 is 6.29 Å². The largest absolute Gasteiger partial charge is 0.586 e. The molecule has 1 N–H and O–H groups in total. The van der Waals surface area contributed by atoms with Crippen LogP contribution in [0.4, 0.5) is 14.5 Å². The number of aryl methyl sites for hydroxylation is 1. The summed E-state index contributed by atoms with van der Waals surface area (Å²) < 4.78 is 40.3. The van der Waals surface area contributed by atoms with Crippen molar-refractivity contribution in [3.63, 3.8) is 0 Å². The summed E-state index contributed by atoms with van der Waals surface area (Å²) in [5, 5.41) is 3.34. The first kappa shape index (κ1) is 12.5. The SMILES string of the molecule is FC1(F)Oc2ccc(NC3CCCc4occc43)cc2O1. The number of hydrogen-bond acceptors (Lipinski definition) is 4. The van der Waals surface area contributed by atoms with E-state index in [2.05, 4.69) is 14.8 Å². The second-order valence-corrected chi connectivity index (χ2v) is 5.22. The summed E-state index contributed by atoms with van der Waals surface area (Å²) >= 11 is 0. The van der Waals surface area contributed by atoms with Crippen LogP contribution in [0.2, 0.25) is 0 Å². The molecule has 0 amide bonds. The predicted octanol–water partition coefficient (Wildman–Crippen LogP) is 4.09. The first-order valence-electron chi connectivity index (χ1n) is 6.83. The van der Waals surface area contributed by atoms with Crippen LogP contribution in [0.15, 0.2) is 34.9 Å². The molecule has 1 aliphatic carbocycles. The van der Waals surface area contributed by atoms with E-state index < -0.39 is 6.29 Å². The molecule has 0 saturated heterocycles. The summed E-state index contributed by atoms with van der Waals surface area (Å²) in [4.78, 5) is 0. The summed E-state index contributed by atoms with van der Waals surface area (Å²) in [6.07, 6.45) is 1.04. The van der Waals surface area contributed by atoms with Crippen molar-refractivity contribution in [3.05, 3.63) is 41.9 Å². The zero-order valence-corrected chi connectivity index (χ0v) is 11.1. The lowest BCUT2D eigenvalue weighted by Gasteiger charge is -2.23. The van der Waals surface area contributed by atoms with Gasteiger partial charge in [0.05, 0.1) is 12.3 Å². The van der Waals surface area contributed by atoms with E-state index >= 15 is 0 Å². The van der Waals surface area contributed by atoms with Crippen molar-refractivity contribution >= 4 is 5.69 Å². The first-order chi connectivity index (χ1) is 10.1. The van der Waals surface area contributed by atoms with E-state index in [0.717, 1.165) is 30.6 Å². The number of benzene rings is 1. The van der Waals surface area contributed by atoms with Gasteiger partial charge in [0.15, 0.2) is 11.5 Å². The smallest absolute Gasteiger partial charge is 0.469 e. The van der Waals surface area contributed by atoms with Gasteiger partial charge in [0.2, 0.25) is 0 Å². The van der Waals surface area contributed by atoms with Crippen LogP contribution in [0, 0.1) is 0 Å². The summed E-state index contributed by atoms with van der Waals surface area (Å²) in [7, 11) is 0. The highest BCUT2D eigenvalue weighted by Crippen LogP contribution is 2.43. The fraction of sp³-hybridized carbons (Fsp3) is 0.333. The van der Waals surface area contributed by atoms with E-state index in [1.54, 1.807) is 12.3 Å². The van der Waals surface area contributed by atoms with Gasteiger partial charge in [-0.15, -0.1) is 8.78 Å². The maximum atomic E-state index is 13.0. The van der Waals surface area contributed by atoms with Crippen LogP contribution in [0.25, 0.3) is 0 Å². The molecule has 0 bridgehead atoms. The fourth-order valence-corrected chi connectivity index (χ4v) is 2.88. The van der Waals surface area contributed by atoms with E-state index in [1.165, 1.54) is 12.1 Å².